The molecular formula is C14H15Cl2NOS. The standard InChI is InChI=1S/C14H15Cl2NOS/c15-12-4-2-1-3-11(12)13(18)9-17-8-7-10-5-6-14(16)19-10/h1-6,13,17-18H,7-9H2. The summed E-state index contributed by atoms with van der Waals surface area (Å²) < 4.78 is 0.811. The van der Waals surface area contributed by atoms with Crippen LogP contribution in [-0.2, 0) is 6.42 Å². The summed E-state index contributed by atoms with van der Waals surface area (Å²) in [4.78, 5) is 1.24. The molecule has 5 heteroatoms. The minimum Gasteiger partial charge on any atom is -0.387 e. The van der Waals surface area contributed by atoms with E-state index in [-0.39, 0.29) is 0 Å². The van der Waals surface area contributed by atoms with E-state index >= 15 is 0 Å². The van der Waals surface area contributed by atoms with Crippen LogP contribution in [0.1, 0.15) is 16.5 Å². The molecule has 0 saturated carbocycles. The van der Waals surface area contributed by atoms with Gasteiger partial charge >= 0.3 is 0 Å². The van der Waals surface area contributed by atoms with Crippen molar-refractivity contribution in [3.63, 3.8) is 0 Å². The predicted octanol–water partition coefficient (Wildman–Crippen LogP) is 3.92. The monoisotopic (exact) mass is 315 g/mol. The molecule has 1 aromatic heterocycles. The first kappa shape index (κ1) is 14.8. The summed E-state index contributed by atoms with van der Waals surface area (Å²) in [7, 11) is 0. The molecule has 0 aliphatic carbocycles. The Kier molecular flexibility index (Phi) is 5.67. The van der Waals surface area contributed by atoms with Crippen LogP contribution in [0.3, 0.4) is 0 Å². The molecule has 1 unspecified atom stereocenters. The molecule has 19 heavy (non-hydrogen) atoms. The Labute approximate surface area is 127 Å². The maximum absolute atomic E-state index is 10.0. The second kappa shape index (κ2) is 7.27. The van der Waals surface area contributed by atoms with Crippen molar-refractivity contribution in [2.24, 2.45) is 0 Å². The van der Waals surface area contributed by atoms with Gasteiger partial charge in [-0.2, -0.15) is 0 Å². The Balaban J connectivity index is 1.75. The van der Waals surface area contributed by atoms with E-state index in [1.807, 2.05) is 30.3 Å². The van der Waals surface area contributed by atoms with Crippen molar-refractivity contribution < 1.29 is 5.11 Å². The number of benzene rings is 1. The lowest BCUT2D eigenvalue weighted by Gasteiger charge is -2.13. The lowest BCUT2D eigenvalue weighted by atomic mass is 10.1. The molecule has 1 atom stereocenters. The van der Waals surface area contributed by atoms with Crippen molar-refractivity contribution in [3.05, 3.63) is 56.2 Å². The average molecular weight is 316 g/mol. The van der Waals surface area contributed by atoms with Crippen molar-refractivity contribution in [3.8, 4) is 0 Å². The first-order valence-electron chi connectivity index (χ1n) is 6.04. The van der Waals surface area contributed by atoms with Crippen molar-refractivity contribution >= 4 is 34.5 Å². The number of aliphatic hydroxyl groups excluding tert-OH is 1. The fourth-order valence-corrected chi connectivity index (χ4v) is 3.14. The van der Waals surface area contributed by atoms with Crippen LogP contribution in [0.4, 0.5) is 0 Å². The van der Waals surface area contributed by atoms with Gasteiger partial charge in [0.2, 0.25) is 0 Å². The van der Waals surface area contributed by atoms with Crippen LogP contribution in [0.5, 0.6) is 0 Å². The highest BCUT2D eigenvalue weighted by Gasteiger charge is 2.10. The molecule has 0 bridgehead atoms. The number of hydrogen-bond donors (Lipinski definition) is 2. The molecule has 1 aromatic carbocycles. The molecule has 0 radical (unpaired) electrons. The molecule has 2 aromatic rings. The highest BCUT2D eigenvalue weighted by atomic mass is 35.5. The Morgan fingerprint density at radius 3 is 2.63 bits per heavy atom. The summed E-state index contributed by atoms with van der Waals surface area (Å²) >= 11 is 13.5. The van der Waals surface area contributed by atoms with Gasteiger partial charge in [-0.3, -0.25) is 0 Å². The number of rotatable bonds is 6. The number of halogens is 2. The summed E-state index contributed by atoms with van der Waals surface area (Å²) in [5.74, 6) is 0. The number of nitrogens with one attached hydrogen (secondary N) is 1. The summed E-state index contributed by atoms with van der Waals surface area (Å²) in [6.07, 6.45) is 0.327. The zero-order valence-electron chi connectivity index (χ0n) is 10.3. The van der Waals surface area contributed by atoms with Crippen molar-refractivity contribution in [2.45, 2.75) is 12.5 Å². The number of hydrogen-bond acceptors (Lipinski definition) is 3. The van der Waals surface area contributed by atoms with Gasteiger partial charge < -0.3 is 10.4 Å². The lowest BCUT2D eigenvalue weighted by Crippen LogP contribution is -2.23. The summed E-state index contributed by atoms with van der Waals surface area (Å²) in [5, 5.41) is 13.9. The van der Waals surface area contributed by atoms with Crippen molar-refractivity contribution in [1.29, 1.82) is 0 Å². The largest absolute Gasteiger partial charge is 0.387 e. The minimum atomic E-state index is -0.583. The molecule has 0 fully saturated rings. The fraction of sp³-hybridized carbons (Fsp3) is 0.286. The Morgan fingerprint density at radius 2 is 1.95 bits per heavy atom. The molecule has 0 aliphatic rings. The van der Waals surface area contributed by atoms with E-state index in [1.54, 1.807) is 17.4 Å². The van der Waals surface area contributed by atoms with Crippen LogP contribution in [0.15, 0.2) is 36.4 Å². The van der Waals surface area contributed by atoms with E-state index in [0.717, 1.165) is 22.9 Å². The Hall–Kier alpha value is -0.580. The smallest absolute Gasteiger partial charge is 0.0931 e. The van der Waals surface area contributed by atoms with E-state index in [4.69, 9.17) is 23.2 Å². The predicted molar refractivity (Wildman–Crippen MR) is 82.3 cm³/mol. The van der Waals surface area contributed by atoms with Gasteiger partial charge in [0.1, 0.15) is 0 Å². The van der Waals surface area contributed by atoms with Gasteiger partial charge in [-0.25, -0.2) is 0 Å². The SMILES string of the molecule is OC(CNCCc1ccc(Cl)s1)c1ccccc1Cl. The highest BCUT2D eigenvalue weighted by molar-refractivity contribution is 7.16. The third-order valence-electron chi connectivity index (χ3n) is 2.78. The van der Waals surface area contributed by atoms with Crippen LogP contribution in [0.2, 0.25) is 9.36 Å². The molecule has 2 nitrogen and oxygen atoms in total. The third-order valence-corrected chi connectivity index (χ3v) is 4.41. The van der Waals surface area contributed by atoms with Crippen LogP contribution in [-0.4, -0.2) is 18.2 Å². The van der Waals surface area contributed by atoms with Gasteiger partial charge in [-0.05, 0) is 24.6 Å². The van der Waals surface area contributed by atoms with Gasteiger partial charge in [0.15, 0.2) is 0 Å². The topological polar surface area (TPSA) is 32.3 Å². The van der Waals surface area contributed by atoms with Gasteiger partial charge in [-0.1, -0.05) is 41.4 Å². The van der Waals surface area contributed by atoms with E-state index in [1.165, 1.54) is 4.88 Å². The van der Waals surface area contributed by atoms with E-state index in [9.17, 15) is 5.11 Å². The van der Waals surface area contributed by atoms with Gasteiger partial charge in [0.05, 0.1) is 10.4 Å². The van der Waals surface area contributed by atoms with Crippen LogP contribution < -0.4 is 5.32 Å². The van der Waals surface area contributed by atoms with Crippen LogP contribution in [0, 0.1) is 0 Å². The van der Waals surface area contributed by atoms with Gasteiger partial charge in [0.25, 0.3) is 0 Å². The van der Waals surface area contributed by atoms with E-state index in [0.29, 0.717) is 11.6 Å². The second-order valence-corrected chi connectivity index (χ2v) is 6.40. The van der Waals surface area contributed by atoms with Gasteiger partial charge in [-0.15, -0.1) is 11.3 Å². The Morgan fingerprint density at radius 1 is 1.16 bits per heavy atom. The average Bonchev–Trinajstić information content (AvgIpc) is 2.81. The first-order chi connectivity index (χ1) is 9.16. The molecule has 0 spiro atoms. The zero-order valence-corrected chi connectivity index (χ0v) is 12.6. The molecule has 0 saturated heterocycles. The van der Waals surface area contributed by atoms with Crippen molar-refractivity contribution in [2.75, 3.05) is 13.1 Å². The Bertz CT molecular complexity index is 530. The normalized spacial score (nSPS) is 12.6. The molecule has 2 N–H and O–H groups in total. The zero-order chi connectivity index (χ0) is 13.7. The maximum Gasteiger partial charge on any atom is 0.0931 e. The molecule has 0 aliphatic heterocycles. The third kappa shape index (κ3) is 4.48. The number of aliphatic hydroxyl groups is 1. The molecule has 102 valence electrons. The summed E-state index contributed by atoms with van der Waals surface area (Å²) in [6.45, 7) is 1.29. The minimum absolute atomic E-state index is 0.489. The van der Waals surface area contributed by atoms with Crippen LogP contribution >= 0.6 is 34.5 Å². The molecular weight excluding hydrogens is 301 g/mol. The van der Waals surface area contributed by atoms with Crippen LogP contribution in [0.25, 0.3) is 0 Å². The molecule has 1 heterocycles. The van der Waals surface area contributed by atoms with Gasteiger partial charge in [0, 0.05) is 28.6 Å². The highest BCUT2D eigenvalue weighted by Crippen LogP contribution is 2.22. The number of thiophene rings is 1. The maximum atomic E-state index is 10.0. The van der Waals surface area contributed by atoms with E-state index in [2.05, 4.69) is 5.32 Å². The molecule has 2 rings (SSSR count). The van der Waals surface area contributed by atoms with Crippen molar-refractivity contribution in [1.82, 2.24) is 5.32 Å². The summed E-state index contributed by atoms with van der Waals surface area (Å²) in [6, 6.07) is 11.3. The fourth-order valence-electron chi connectivity index (χ4n) is 1.79. The first-order valence-corrected chi connectivity index (χ1v) is 7.61. The lowest BCUT2D eigenvalue weighted by molar-refractivity contribution is 0.175. The quantitative estimate of drug-likeness (QED) is 0.792. The van der Waals surface area contributed by atoms with E-state index < -0.39 is 6.10 Å². The second-order valence-electron chi connectivity index (χ2n) is 4.20. The summed E-state index contributed by atoms with van der Waals surface area (Å²) in [5.41, 5.74) is 0.760. The molecule has 0 amide bonds.